The van der Waals surface area contributed by atoms with Crippen LogP contribution in [0.3, 0.4) is 0 Å². The number of hydrogen-bond donors (Lipinski definition) is 0. The van der Waals surface area contributed by atoms with Crippen molar-refractivity contribution in [2.24, 2.45) is 0 Å². The zero-order valence-electron chi connectivity index (χ0n) is 11.3. The third kappa shape index (κ3) is 2.90. The summed E-state index contributed by atoms with van der Waals surface area (Å²) in [6, 6.07) is 6.91. The molecule has 1 aromatic carbocycles. The van der Waals surface area contributed by atoms with Crippen LogP contribution in [0.5, 0.6) is 0 Å². The molecule has 1 fully saturated rings. The van der Waals surface area contributed by atoms with Crippen LogP contribution >= 0.6 is 0 Å². The van der Waals surface area contributed by atoms with E-state index in [0.29, 0.717) is 12.0 Å². The normalized spacial score (nSPS) is 24.9. The molecule has 2 unspecified atom stereocenters. The molecule has 2 atom stereocenters. The van der Waals surface area contributed by atoms with Gasteiger partial charge in [0.15, 0.2) is 0 Å². The topological polar surface area (TPSA) is 9.23 Å². The van der Waals surface area contributed by atoms with Crippen molar-refractivity contribution in [2.75, 3.05) is 6.61 Å². The van der Waals surface area contributed by atoms with Crippen molar-refractivity contribution in [3.05, 3.63) is 34.9 Å². The third-order valence-corrected chi connectivity index (χ3v) is 4.04. The maximum Gasteiger partial charge on any atom is 0.0643 e. The Morgan fingerprint density at radius 1 is 1.12 bits per heavy atom. The zero-order chi connectivity index (χ0) is 12.3. The van der Waals surface area contributed by atoms with Gasteiger partial charge in [0, 0.05) is 12.5 Å². The van der Waals surface area contributed by atoms with Gasteiger partial charge in [0.1, 0.15) is 0 Å². The van der Waals surface area contributed by atoms with E-state index in [2.05, 4.69) is 39.0 Å². The smallest absolute Gasteiger partial charge is 0.0643 e. The molecule has 0 aromatic heterocycles. The minimum atomic E-state index is 0.441. The van der Waals surface area contributed by atoms with Crippen molar-refractivity contribution < 1.29 is 4.74 Å². The summed E-state index contributed by atoms with van der Waals surface area (Å²) in [5.74, 6) is 0.614. The molecule has 1 saturated carbocycles. The first-order valence-electron chi connectivity index (χ1n) is 6.91. The Kier molecular flexibility index (Phi) is 4.22. The number of ether oxygens (including phenoxy) is 1. The van der Waals surface area contributed by atoms with E-state index in [1.54, 1.807) is 0 Å². The molecule has 1 aromatic rings. The fraction of sp³-hybridized carbons (Fsp3) is 0.625. The van der Waals surface area contributed by atoms with Crippen LogP contribution in [0.15, 0.2) is 18.2 Å². The van der Waals surface area contributed by atoms with Gasteiger partial charge >= 0.3 is 0 Å². The van der Waals surface area contributed by atoms with Crippen LogP contribution in [0, 0.1) is 13.8 Å². The van der Waals surface area contributed by atoms with Gasteiger partial charge in [0.25, 0.3) is 0 Å². The Morgan fingerprint density at radius 2 is 1.88 bits per heavy atom. The molecule has 1 aliphatic carbocycles. The lowest BCUT2D eigenvalue weighted by Gasteiger charge is -2.32. The van der Waals surface area contributed by atoms with E-state index in [0.717, 1.165) is 6.61 Å². The van der Waals surface area contributed by atoms with Crippen molar-refractivity contribution in [3.8, 4) is 0 Å². The molecule has 0 saturated heterocycles. The van der Waals surface area contributed by atoms with Gasteiger partial charge in [-0.3, -0.25) is 0 Å². The fourth-order valence-electron chi connectivity index (χ4n) is 2.89. The fourth-order valence-corrected chi connectivity index (χ4v) is 2.89. The highest BCUT2D eigenvalue weighted by atomic mass is 16.5. The highest BCUT2D eigenvalue weighted by molar-refractivity contribution is 5.32. The molecule has 1 heteroatoms. The molecule has 0 amide bonds. The van der Waals surface area contributed by atoms with Gasteiger partial charge in [-0.15, -0.1) is 0 Å². The van der Waals surface area contributed by atoms with Crippen LogP contribution in [0.25, 0.3) is 0 Å². The Hall–Kier alpha value is -0.820. The second-order valence-electron chi connectivity index (χ2n) is 5.23. The Morgan fingerprint density at radius 3 is 2.59 bits per heavy atom. The number of hydrogen-bond acceptors (Lipinski definition) is 1. The van der Waals surface area contributed by atoms with Crippen LogP contribution in [0.2, 0.25) is 0 Å². The van der Waals surface area contributed by atoms with Crippen molar-refractivity contribution in [1.29, 1.82) is 0 Å². The van der Waals surface area contributed by atoms with Gasteiger partial charge in [-0.1, -0.05) is 31.0 Å². The predicted octanol–water partition coefficient (Wildman–Crippen LogP) is 4.37. The van der Waals surface area contributed by atoms with E-state index >= 15 is 0 Å². The zero-order valence-corrected chi connectivity index (χ0v) is 11.3. The molecular formula is C16H24O. The third-order valence-electron chi connectivity index (χ3n) is 4.04. The van der Waals surface area contributed by atoms with Crippen molar-refractivity contribution >= 4 is 0 Å². The van der Waals surface area contributed by atoms with Crippen molar-refractivity contribution in [1.82, 2.24) is 0 Å². The van der Waals surface area contributed by atoms with Crippen LogP contribution < -0.4 is 0 Å². The van der Waals surface area contributed by atoms with Gasteiger partial charge in [-0.05, 0) is 50.3 Å². The summed E-state index contributed by atoms with van der Waals surface area (Å²) < 4.78 is 5.92. The molecule has 1 nitrogen and oxygen atoms in total. The molecule has 17 heavy (non-hydrogen) atoms. The maximum absolute atomic E-state index is 5.92. The highest BCUT2D eigenvalue weighted by Gasteiger charge is 2.26. The van der Waals surface area contributed by atoms with Gasteiger partial charge in [-0.25, -0.2) is 0 Å². The Balaban J connectivity index is 2.20. The predicted molar refractivity (Wildman–Crippen MR) is 72.5 cm³/mol. The first kappa shape index (κ1) is 12.6. The standard InChI is InChI=1S/C16H24O/c1-4-17-16-8-6-5-7-15(16)14-10-9-12(2)13(3)11-14/h9-11,15-16H,4-8H2,1-3H3. The van der Waals surface area contributed by atoms with Gasteiger partial charge in [0.05, 0.1) is 6.10 Å². The molecule has 1 aliphatic rings. The van der Waals surface area contributed by atoms with E-state index < -0.39 is 0 Å². The molecule has 0 spiro atoms. The van der Waals surface area contributed by atoms with Crippen molar-refractivity contribution in [2.45, 2.75) is 58.5 Å². The second kappa shape index (κ2) is 5.68. The first-order chi connectivity index (χ1) is 8.22. The second-order valence-corrected chi connectivity index (χ2v) is 5.23. The van der Waals surface area contributed by atoms with E-state index in [1.165, 1.54) is 42.4 Å². The number of rotatable bonds is 3. The molecule has 0 N–H and O–H groups in total. The molecule has 0 bridgehead atoms. The van der Waals surface area contributed by atoms with E-state index in [9.17, 15) is 0 Å². The van der Waals surface area contributed by atoms with E-state index in [4.69, 9.17) is 4.74 Å². The lowest BCUT2D eigenvalue weighted by Crippen LogP contribution is -2.26. The maximum atomic E-state index is 5.92. The molecule has 0 heterocycles. The van der Waals surface area contributed by atoms with Crippen LogP contribution in [-0.4, -0.2) is 12.7 Å². The average molecular weight is 232 g/mol. The molecule has 0 radical (unpaired) electrons. The molecular weight excluding hydrogens is 208 g/mol. The Labute approximate surface area is 105 Å². The Bertz CT molecular complexity index is 368. The van der Waals surface area contributed by atoms with E-state index in [-0.39, 0.29) is 0 Å². The summed E-state index contributed by atoms with van der Waals surface area (Å²) >= 11 is 0. The van der Waals surface area contributed by atoms with Crippen LogP contribution in [0.1, 0.15) is 55.2 Å². The summed E-state index contributed by atoms with van der Waals surface area (Å²) in [4.78, 5) is 0. The van der Waals surface area contributed by atoms with Gasteiger partial charge in [0.2, 0.25) is 0 Å². The minimum absolute atomic E-state index is 0.441. The van der Waals surface area contributed by atoms with Gasteiger partial charge in [-0.2, -0.15) is 0 Å². The first-order valence-corrected chi connectivity index (χ1v) is 6.91. The lowest BCUT2D eigenvalue weighted by molar-refractivity contribution is 0.0207. The molecule has 0 aliphatic heterocycles. The summed E-state index contributed by atoms with van der Waals surface area (Å²) in [6.07, 6.45) is 5.63. The number of benzene rings is 1. The SMILES string of the molecule is CCOC1CCCCC1c1ccc(C)c(C)c1. The largest absolute Gasteiger partial charge is 0.378 e. The summed E-state index contributed by atoms with van der Waals surface area (Å²) in [5.41, 5.74) is 4.27. The lowest BCUT2D eigenvalue weighted by atomic mass is 9.81. The summed E-state index contributed by atoms with van der Waals surface area (Å²) in [5, 5.41) is 0. The van der Waals surface area contributed by atoms with E-state index in [1.807, 2.05) is 0 Å². The van der Waals surface area contributed by atoms with Crippen LogP contribution in [0.4, 0.5) is 0 Å². The summed E-state index contributed by atoms with van der Waals surface area (Å²) in [7, 11) is 0. The molecule has 94 valence electrons. The monoisotopic (exact) mass is 232 g/mol. The quantitative estimate of drug-likeness (QED) is 0.752. The van der Waals surface area contributed by atoms with Crippen LogP contribution in [-0.2, 0) is 4.74 Å². The average Bonchev–Trinajstić information content (AvgIpc) is 2.34. The van der Waals surface area contributed by atoms with Crippen molar-refractivity contribution in [3.63, 3.8) is 0 Å². The number of aryl methyl sites for hydroxylation is 2. The molecule has 2 rings (SSSR count). The van der Waals surface area contributed by atoms with Gasteiger partial charge < -0.3 is 4.74 Å². The minimum Gasteiger partial charge on any atom is -0.378 e. The highest BCUT2D eigenvalue weighted by Crippen LogP contribution is 2.35. The summed E-state index contributed by atoms with van der Waals surface area (Å²) in [6.45, 7) is 7.33.